The minimum Gasteiger partial charge on any atom is -0.0619 e. The van der Waals surface area contributed by atoms with Crippen molar-refractivity contribution < 1.29 is 0 Å². The van der Waals surface area contributed by atoms with Crippen molar-refractivity contribution in [1.29, 1.82) is 0 Å². The topological polar surface area (TPSA) is 0 Å². The summed E-state index contributed by atoms with van der Waals surface area (Å²) >= 11 is 0. The van der Waals surface area contributed by atoms with Crippen LogP contribution in [0.4, 0.5) is 0 Å². The molecule has 2 aliphatic heterocycles. The molecule has 0 atom stereocenters. The second kappa shape index (κ2) is 4.83. The summed E-state index contributed by atoms with van der Waals surface area (Å²) in [5.41, 5.74) is 6.17. The maximum atomic E-state index is 2.39. The van der Waals surface area contributed by atoms with Gasteiger partial charge in [-0.15, -0.1) is 0 Å². The zero-order valence-electron chi connectivity index (χ0n) is 15.3. The Balaban J connectivity index is 1.97. The molecule has 0 radical (unpaired) electrons. The third kappa shape index (κ3) is 1.81. The largest absolute Gasteiger partial charge is 0.0619 e. The summed E-state index contributed by atoms with van der Waals surface area (Å²) in [4.78, 5) is 0. The van der Waals surface area contributed by atoms with Crippen LogP contribution >= 0.6 is 7.92 Å². The first-order valence-corrected chi connectivity index (χ1v) is 10.4. The summed E-state index contributed by atoms with van der Waals surface area (Å²) in [6, 6.07) is 25.3. The van der Waals surface area contributed by atoms with Gasteiger partial charge in [-0.2, -0.15) is 0 Å². The lowest BCUT2D eigenvalue weighted by Gasteiger charge is -2.47. The van der Waals surface area contributed by atoms with Gasteiger partial charge in [-0.25, -0.2) is 0 Å². The maximum absolute atomic E-state index is 2.39. The number of fused-ring (bicyclic) bond motifs is 4. The van der Waals surface area contributed by atoms with E-state index in [2.05, 4.69) is 94.4 Å². The Morgan fingerprint density at radius 1 is 0.520 bits per heavy atom. The first kappa shape index (κ1) is 15.4. The smallest absolute Gasteiger partial charge is 0.0159 e. The van der Waals surface area contributed by atoms with Crippen molar-refractivity contribution >= 4 is 23.8 Å². The molecule has 0 spiro atoms. The minimum atomic E-state index is -0.468. The van der Waals surface area contributed by atoms with Crippen LogP contribution in [0, 0.1) is 0 Å². The molecule has 0 nitrogen and oxygen atoms in total. The second-order valence-electron chi connectivity index (χ2n) is 8.32. The predicted molar refractivity (Wildman–Crippen MR) is 109 cm³/mol. The van der Waals surface area contributed by atoms with Crippen LogP contribution in [0.3, 0.4) is 0 Å². The summed E-state index contributed by atoms with van der Waals surface area (Å²) in [6.45, 7) is 9.56. The Kier molecular flexibility index (Phi) is 2.97. The molecule has 2 aliphatic rings. The van der Waals surface area contributed by atoms with Gasteiger partial charge in [0.2, 0.25) is 0 Å². The van der Waals surface area contributed by atoms with E-state index >= 15 is 0 Å². The maximum Gasteiger partial charge on any atom is 0.0159 e. The van der Waals surface area contributed by atoms with Gasteiger partial charge in [-0.1, -0.05) is 94.4 Å². The fourth-order valence-corrected chi connectivity index (χ4v) is 8.44. The van der Waals surface area contributed by atoms with Gasteiger partial charge in [-0.3, -0.25) is 0 Å². The van der Waals surface area contributed by atoms with Crippen LogP contribution in [0.25, 0.3) is 0 Å². The van der Waals surface area contributed by atoms with E-state index < -0.39 is 7.92 Å². The lowest BCUT2D eigenvalue weighted by Crippen LogP contribution is -2.48. The number of hydrogen-bond acceptors (Lipinski definition) is 0. The van der Waals surface area contributed by atoms with Crippen molar-refractivity contribution in [2.45, 2.75) is 38.5 Å². The molecule has 0 N–H and O–H groups in total. The van der Waals surface area contributed by atoms with Crippen LogP contribution < -0.4 is 15.9 Å². The lowest BCUT2D eigenvalue weighted by atomic mass is 9.72. The molecule has 2 heterocycles. The van der Waals surface area contributed by atoms with Gasteiger partial charge in [0.15, 0.2) is 0 Å². The van der Waals surface area contributed by atoms with Gasteiger partial charge in [0.1, 0.15) is 0 Å². The number of hydrogen-bond donors (Lipinski definition) is 0. The van der Waals surface area contributed by atoms with Gasteiger partial charge < -0.3 is 0 Å². The molecule has 0 unspecified atom stereocenters. The van der Waals surface area contributed by atoms with E-state index in [1.54, 1.807) is 15.9 Å². The van der Waals surface area contributed by atoms with E-state index in [1.807, 2.05) is 0 Å². The lowest BCUT2D eigenvalue weighted by molar-refractivity contribution is 0.624. The number of rotatable bonds is 0. The molecule has 3 aromatic carbocycles. The standard InChI is InChI=1S/C24H23P/c1-23(2)16-10-5-7-14-20(16)25-21-15-8-6-11-17(21)24(3,4)19-13-9-12-18(23)22(19)25/h5-15H,1-4H3. The first-order valence-electron chi connectivity index (χ1n) is 9.07. The Morgan fingerprint density at radius 2 is 0.920 bits per heavy atom. The minimum absolute atomic E-state index is 0.0587. The third-order valence-corrected chi connectivity index (χ3v) is 8.92. The van der Waals surface area contributed by atoms with Crippen LogP contribution in [0.15, 0.2) is 66.7 Å². The monoisotopic (exact) mass is 342 g/mol. The van der Waals surface area contributed by atoms with Crippen molar-refractivity contribution in [2.24, 2.45) is 0 Å². The van der Waals surface area contributed by atoms with Gasteiger partial charge in [0.05, 0.1) is 0 Å². The predicted octanol–water partition coefficient (Wildman–Crippen LogP) is 4.72. The highest BCUT2D eigenvalue weighted by atomic mass is 31.1. The molecule has 0 amide bonds. The molecule has 0 bridgehead atoms. The van der Waals surface area contributed by atoms with Crippen LogP contribution in [-0.4, -0.2) is 0 Å². The summed E-state index contributed by atoms with van der Waals surface area (Å²) in [6.07, 6.45) is 0. The van der Waals surface area contributed by atoms with E-state index in [0.29, 0.717) is 0 Å². The zero-order chi connectivity index (χ0) is 17.4. The molecule has 0 saturated carbocycles. The summed E-state index contributed by atoms with van der Waals surface area (Å²) in [5.74, 6) is 0. The van der Waals surface area contributed by atoms with Crippen molar-refractivity contribution in [1.82, 2.24) is 0 Å². The third-order valence-electron chi connectivity index (χ3n) is 6.24. The molecule has 0 aromatic heterocycles. The Morgan fingerprint density at radius 3 is 1.40 bits per heavy atom. The zero-order valence-corrected chi connectivity index (χ0v) is 16.2. The normalized spacial score (nSPS) is 18.9. The van der Waals surface area contributed by atoms with Crippen molar-refractivity contribution in [2.75, 3.05) is 0 Å². The van der Waals surface area contributed by atoms with Gasteiger partial charge in [-0.05, 0) is 46.1 Å². The van der Waals surface area contributed by atoms with Crippen molar-refractivity contribution in [3.05, 3.63) is 89.0 Å². The molecule has 3 aromatic rings. The fraction of sp³-hybridized carbons (Fsp3) is 0.250. The average Bonchev–Trinajstić information content (AvgIpc) is 2.61. The van der Waals surface area contributed by atoms with E-state index in [0.717, 1.165) is 0 Å². The molecular weight excluding hydrogens is 319 g/mol. The number of benzene rings is 3. The summed E-state index contributed by atoms with van der Waals surface area (Å²) < 4.78 is 0. The molecular formula is C24H23P. The van der Waals surface area contributed by atoms with Crippen molar-refractivity contribution in [3.63, 3.8) is 0 Å². The van der Waals surface area contributed by atoms with Gasteiger partial charge in [0.25, 0.3) is 0 Å². The van der Waals surface area contributed by atoms with E-state index in [-0.39, 0.29) is 10.8 Å². The van der Waals surface area contributed by atoms with Gasteiger partial charge in [0, 0.05) is 10.8 Å². The molecule has 25 heavy (non-hydrogen) atoms. The van der Waals surface area contributed by atoms with Crippen molar-refractivity contribution in [3.8, 4) is 0 Å². The molecule has 5 rings (SSSR count). The van der Waals surface area contributed by atoms with E-state index in [1.165, 1.54) is 22.3 Å². The molecule has 124 valence electrons. The molecule has 1 heteroatoms. The average molecular weight is 342 g/mol. The fourth-order valence-electron chi connectivity index (χ4n) is 4.85. The highest BCUT2D eigenvalue weighted by Crippen LogP contribution is 2.53. The SMILES string of the molecule is CC1(C)c2ccccc2P2c3ccccc3C(C)(C)c3cccc1c32. The summed E-state index contributed by atoms with van der Waals surface area (Å²) in [7, 11) is -0.468. The van der Waals surface area contributed by atoms with Crippen LogP contribution in [0.2, 0.25) is 0 Å². The van der Waals surface area contributed by atoms with E-state index in [9.17, 15) is 0 Å². The van der Waals surface area contributed by atoms with E-state index in [4.69, 9.17) is 0 Å². The molecule has 0 saturated heterocycles. The van der Waals surface area contributed by atoms with Crippen LogP contribution in [0.5, 0.6) is 0 Å². The highest BCUT2D eigenvalue weighted by molar-refractivity contribution is 7.80. The second-order valence-corrected chi connectivity index (χ2v) is 10.4. The Labute approximate surface area is 151 Å². The van der Waals surface area contributed by atoms with Crippen LogP contribution in [0.1, 0.15) is 49.9 Å². The Hall–Kier alpha value is -1.91. The first-order chi connectivity index (χ1) is 11.9. The quantitative estimate of drug-likeness (QED) is 0.519. The molecule has 0 aliphatic carbocycles. The highest BCUT2D eigenvalue weighted by Gasteiger charge is 2.45. The molecule has 0 fully saturated rings. The summed E-state index contributed by atoms with van der Waals surface area (Å²) in [5, 5.41) is 4.71. The Bertz CT molecular complexity index is 932. The van der Waals surface area contributed by atoms with Crippen LogP contribution in [-0.2, 0) is 10.8 Å². The van der Waals surface area contributed by atoms with Gasteiger partial charge >= 0.3 is 0 Å².